The minimum absolute atomic E-state index is 0.134. The number of ether oxygens (including phenoxy) is 1. The molecule has 5 heteroatoms. The number of benzene rings is 1. The first-order chi connectivity index (χ1) is 9.13. The van der Waals surface area contributed by atoms with Gasteiger partial charge in [-0.2, -0.15) is 0 Å². The lowest BCUT2D eigenvalue weighted by Crippen LogP contribution is -2.37. The van der Waals surface area contributed by atoms with Gasteiger partial charge in [-0.1, -0.05) is 6.92 Å². The molecule has 0 aromatic heterocycles. The smallest absolute Gasteiger partial charge is 0.160 e. The van der Waals surface area contributed by atoms with Crippen LogP contribution in [0.2, 0.25) is 0 Å². The van der Waals surface area contributed by atoms with Crippen molar-refractivity contribution in [1.82, 2.24) is 0 Å². The third kappa shape index (κ3) is 3.10. The van der Waals surface area contributed by atoms with Crippen LogP contribution in [-0.4, -0.2) is 32.6 Å². The topological polar surface area (TPSA) is 29.5 Å². The van der Waals surface area contributed by atoms with Crippen LogP contribution in [0.5, 0.6) is 0 Å². The number of hydrogen-bond acceptors (Lipinski definition) is 3. The number of morpholine rings is 1. The molecule has 1 atom stereocenters. The number of nitrogens with zero attached hydrogens (tertiary/aromatic N) is 1. The third-order valence-corrected chi connectivity index (χ3v) is 3.40. The Morgan fingerprint density at radius 3 is 2.58 bits per heavy atom. The van der Waals surface area contributed by atoms with E-state index >= 15 is 0 Å². The Balaban J connectivity index is 2.38. The highest BCUT2D eigenvalue weighted by atomic mass is 19.2. The molecule has 1 aliphatic heterocycles. The van der Waals surface area contributed by atoms with Crippen molar-refractivity contribution in [2.24, 2.45) is 0 Å². The predicted octanol–water partition coefficient (Wildman–Crippen LogP) is 2.49. The molecule has 0 bridgehead atoms. The van der Waals surface area contributed by atoms with Crippen molar-refractivity contribution in [3.8, 4) is 0 Å². The second-order valence-electron chi connectivity index (χ2n) is 4.73. The molecule has 19 heavy (non-hydrogen) atoms. The Labute approximate surface area is 111 Å². The van der Waals surface area contributed by atoms with E-state index in [2.05, 4.69) is 0 Å². The Hall–Kier alpha value is -1.49. The van der Waals surface area contributed by atoms with E-state index in [9.17, 15) is 13.6 Å². The lowest BCUT2D eigenvalue weighted by Gasteiger charge is -2.31. The van der Waals surface area contributed by atoms with Crippen LogP contribution in [0.3, 0.4) is 0 Å². The molecule has 0 spiro atoms. The van der Waals surface area contributed by atoms with Gasteiger partial charge >= 0.3 is 0 Å². The normalized spacial score (nSPS) is 17.3. The Bertz CT molecular complexity index is 459. The fourth-order valence-corrected chi connectivity index (χ4v) is 2.30. The quantitative estimate of drug-likeness (QED) is 0.787. The summed E-state index contributed by atoms with van der Waals surface area (Å²) in [6.07, 6.45) is 1.09. The van der Waals surface area contributed by atoms with E-state index < -0.39 is 11.6 Å². The maximum absolute atomic E-state index is 13.5. The van der Waals surface area contributed by atoms with Gasteiger partial charge in [0.1, 0.15) is 6.29 Å². The molecule has 0 aliphatic carbocycles. The van der Waals surface area contributed by atoms with Crippen molar-refractivity contribution >= 4 is 12.0 Å². The highest BCUT2D eigenvalue weighted by molar-refractivity contribution is 5.59. The van der Waals surface area contributed by atoms with Crippen molar-refractivity contribution in [3.05, 3.63) is 29.3 Å². The SMILES string of the molecule is CC(CC=O)c1cc(F)c(F)cc1N1CCOCC1. The van der Waals surface area contributed by atoms with Gasteiger partial charge in [0.2, 0.25) is 0 Å². The largest absolute Gasteiger partial charge is 0.378 e. The molecule has 0 N–H and O–H groups in total. The van der Waals surface area contributed by atoms with Gasteiger partial charge in [0, 0.05) is 31.3 Å². The first-order valence-corrected chi connectivity index (χ1v) is 6.38. The number of anilines is 1. The van der Waals surface area contributed by atoms with Crippen molar-refractivity contribution in [2.75, 3.05) is 31.2 Å². The molecule has 1 aromatic carbocycles. The van der Waals surface area contributed by atoms with Crippen LogP contribution in [0, 0.1) is 11.6 Å². The zero-order chi connectivity index (χ0) is 13.8. The molecule has 104 valence electrons. The molecule has 1 aliphatic rings. The van der Waals surface area contributed by atoms with Crippen LogP contribution in [0.15, 0.2) is 12.1 Å². The highest BCUT2D eigenvalue weighted by Crippen LogP contribution is 2.32. The van der Waals surface area contributed by atoms with Gasteiger partial charge in [-0.05, 0) is 17.5 Å². The number of carbonyl (C=O) groups excluding carboxylic acids is 1. The van der Waals surface area contributed by atoms with E-state index in [1.165, 1.54) is 12.1 Å². The summed E-state index contributed by atoms with van der Waals surface area (Å²) < 4.78 is 32.1. The second kappa shape index (κ2) is 6.10. The molecular formula is C14H17F2NO2. The van der Waals surface area contributed by atoms with Crippen LogP contribution < -0.4 is 4.90 Å². The minimum atomic E-state index is -0.871. The number of carbonyl (C=O) groups is 1. The van der Waals surface area contributed by atoms with Crippen LogP contribution in [-0.2, 0) is 9.53 Å². The summed E-state index contributed by atoms with van der Waals surface area (Å²) in [5.41, 5.74) is 1.34. The van der Waals surface area contributed by atoms with Crippen molar-refractivity contribution in [1.29, 1.82) is 0 Å². The van der Waals surface area contributed by atoms with Gasteiger partial charge in [-0.15, -0.1) is 0 Å². The van der Waals surface area contributed by atoms with E-state index in [-0.39, 0.29) is 5.92 Å². The van der Waals surface area contributed by atoms with Gasteiger partial charge in [0.15, 0.2) is 11.6 Å². The number of halogens is 2. The van der Waals surface area contributed by atoms with Crippen LogP contribution >= 0.6 is 0 Å². The molecule has 0 radical (unpaired) electrons. The monoisotopic (exact) mass is 269 g/mol. The van der Waals surface area contributed by atoms with Crippen molar-refractivity contribution in [2.45, 2.75) is 19.3 Å². The number of rotatable bonds is 4. The van der Waals surface area contributed by atoms with E-state index in [0.717, 1.165) is 6.29 Å². The van der Waals surface area contributed by atoms with Crippen molar-refractivity contribution in [3.63, 3.8) is 0 Å². The van der Waals surface area contributed by atoms with Gasteiger partial charge in [0.05, 0.1) is 13.2 Å². The molecule has 2 rings (SSSR count). The summed E-state index contributed by atoms with van der Waals surface area (Å²) in [4.78, 5) is 12.6. The molecule has 1 unspecified atom stereocenters. The predicted molar refractivity (Wildman–Crippen MR) is 68.5 cm³/mol. The van der Waals surface area contributed by atoms with E-state index in [1.807, 2.05) is 11.8 Å². The Morgan fingerprint density at radius 1 is 1.32 bits per heavy atom. The second-order valence-corrected chi connectivity index (χ2v) is 4.73. The number of aldehydes is 1. The fourth-order valence-electron chi connectivity index (χ4n) is 2.30. The first-order valence-electron chi connectivity index (χ1n) is 6.38. The van der Waals surface area contributed by atoms with E-state index in [0.29, 0.717) is 44.0 Å². The molecule has 0 saturated carbocycles. The average molecular weight is 269 g/mol. The first kappa shape index (κ1) is 13.9. The van der Waals surface area contributed by atoms with E-state index in [4.69, 9.17) is 4.74 Å². The molecule has 1 fully saturated rings. The molecular weight excluding hydrogens is 252 g/mol. The summed E-state index contributed by atoms with van der Waals surface area (Å²) in [5.74, 6) is -1.86. The molecule has 1 aromatic rings. The summed E-state index contributed by atoms with van der Waals surface area (Å²) in [6, 6.07) is 2.42. The Kier molecular flexibility index (Phi) is 4.47. The van der Waals surface area contributed by atoms with Gasteiger partial charge in [0.25, 0.3) is 0 Å². The molecule has 0 amide bonds. The number of hydrogen-bond donors (Lipinski definition) is 0. The third-order valence-electron chi connectivity index (χ3n) is 3.40. The fraction of sp³-hybridized carbons (Fsp3) is 0.500. The summed E-state index contributed by atoms with van der Waals surface area (Å²) in [6.45, 7) is 4.27. The zero-order valence-electron chi connectivity index (χ0n) is 10.9. The lowest BCUT2D eigenvalue weighted by atomic mass is 9.95. The van der Waals surface area contributed by atoms with Crippen LogP contribution in [0.25, 0.3) is 0 Å². The molecule has 3 nitrogen and oxygen atoms in total. The van der Waals surface area contributed by atoms with Crippen LogP contribution in [0.1, 0.15) is 24.8 Å². The van der Waals surface area contributed by atoms with Crippen molar-refractivity contribution < 1.29 is 18.3 Å². The lowest BCUT2D eigenvalue weighted by molar-refractivity contribution is -0.108. The van der Waals surface area contributed by atoms with Gasteiger partial charge in [-0.3, -0.25) is 0 Å². The maximum atomic E-state index is 13.5. The summed E-state index contributed by atoms with van der Waals surface area (Å²) >= 11 is 0. The summed E-state index contributed by atoms with van der Waals surface area (Å²) in [7, 11) is 0. The van der Waals surface area contributed by atoms with Gasteiger partial charge in [-0.25, -0.2) is 8.78 Å². The zero-order valence-corrected chi connectivity index (χ0v) is 10.9. The molecule has 1 saturated heterocycles. The highest BCUT2D eigenvalue weighted by Gasteiger charge is 2.20. The molecule has 1 heterocycles. The standard InChI is InChI=1S/C14H17F2NO2/c1-10(2-5-18)11-8-12(15)13(16)9-14(11)17-3-6-19-7-4-17/h5,8-10H,2-4,6-7H2,1H3. The minimum Gasteiger partial charge on any atom is -0.378 e. The summed E-state index contributed by atoms with van der Waals surface area (Å²) in [5, 5.41) is 0. The van der Waals surface area contributed by atoms with Gasteiger partial charge < -0.3 is 14.4 Å². The van der Waals surface area contributed by atoms with Crippen LogP contribution in [0.4, 0.5) is 14.5 Å². The maximum Gasteiger partial charge on any atom is 0.160 e. The van der Waals surface area contributed by atoms with E-state index in [1.54, 1.807) is 0 Å². The average Bonchev–Trinajstić information content (AvgIpc) is 2.42. The Morgan fingerprint density at radius 2 is 1.95 bits per heavy atom.